The average molecular weight is 249 g/mol. The van der Waals surface area contributed by atoms with E-state index in [0.29, 0.717) is 5.56 Å². The van der Waals surface area contributed by atoms with Crippen LogP contribution in [-0.2, 0) is 9.59 Å². The molecule has 1 atom stereocenters. The molecule has 0 saturated heterocycles. The highest BCUT2D eigenvalue weighted by Gasteiger charge is 2.40. The van der Waals surface area contributed by atoms with Gasteiger partial charge in [-0.3, -0.25) is 9.59 Å². The first-order valence-electron chi connectivity index (χ1n) is 5.40. The van der Waals surface area contributed by atoms with Gasteiger partial charge in [0.05, 0.1) is 11.6 Å². The number of nitrogens with zero attached hydrogens (tertiary/aromatic N) is 1. The van der Waals surface area contributed by atoms with Gasteiger partial charge in [0.1, 0.15) is 5.82 Å². The second kappa shape index (κ2) is 4.25. The van der Waals surface area contributed by atoms with Gasteiger partial charge < -0.3 is 10.0 Å². The number of benzene rings is 1. The number of hydrogen-bond acceptors (Lipinski definition) is 3. The van der Waals surface area contributed by atoms with Crippen LogP contribution in [0.15, 0.2) is 35.6 Å². The van der Waals surface area contributed by atoms with E-state index in [1.807, 2.05) is 0 Å². The van der Waals surface area contributed by atoms with Gasteiger partial charge in [-0.15, -0.1) is 0 Å². The van der Waals surface area contributed by atoms with Crippen molar-refractivity contribution in [1.82, 2.24) is 4.90 Å². The number of aliphatic hydroxyl groups is 1. The number of Topliss-reactive ketones (excluding diaryl/α,β-unsaturated/α-hetero) is 1. The molecule has 1 N–H and O–H groups in total. The molecule has 18 heavy (non-hydrogen) atoms. The van der Waals surface area contributed by atoms with Crippen molar-refractivity contribution in [2.75, 3.05) is 7.05 Å². The van der Waals surface area contributed by atoms with Gasteiger partial charge in [-0.25, -0.2) is 4.39 Å². The van der Waals surface area contributed by atoms with Crippen molar-refractivity contribution in [2.24, 2.45) is 0 Å². The van der Waals surface area contributed by atoms with E-state index in [4.69, 9.17) is 0 Å². The normalized spacial score (nSPS) is 19.6. The van der Waals surface area contributed by atoms with E-state index in [0.717, 1.165) is 0 Å². The highest BCUT2D eigenvalue weighted by molar-refractivity contribution is 6.07. The Bertz CT molecular complexity index is 548. The fourth-order valence-electron chi connectivity index (χ4n) is 2.12. The molecule has 1 heterocycles. The predicted molar refractivity (Wildman–Crippen MR) is 62.2 cm³/mol. The molecular weight excluding hydrogens is 237 g/mol. The third-order valence-electron chi connectivity index (χ3n) is 3.00. The Hall–Kier alpha value is -2.17. The Morgan fingerprint density at radius 2 is 1.89 bits per heavy atom. The number of carbonyl (C=O) groups is 2. The monoisotopic (exact) mass is 249 g/mol. The molecule has 0 bridgehead atoms. The first-order chi connectivity index (χ1) is 8.43. The lowest BCUT2D eigenvalue weighted by atomic mass is 9.97. The largest absolute Gasteiger partial charge is 0.503 e. The second-order valence-electron chi connectivity index (χ2n) is 4.19. The number of likely N-dealkylation sites (N-methyl/N-ethyl adjacent to an activating group) is 1. The maximum atomic E-state index is 12.9. The highest BCUT2D eigenvalue weighted by atomic mass is 19.1. The highest BCUT2D eigenvalue weighted by Crippen LogP contribution is 2.36. The van der Waals surface area contributed by atoms with Crippen LogP contribution >= 0.6 is 0 Å². The molecule has 0 aromatic heterocycles. The van der Waals surface area contributed by atoms with Gasteiger partial charge in [-0.2, -0.15) is 0 Å². The molecule has 2 rings (SSSR count). The molecular formula is C13H12FNO3. The molecule has 5 heteroatoms. The summed E-state index contributed by atoms with van der Waals surface area (Å²) in [6.07, 6.45) is 0. The van der Waals surface area contributed by atoms with E-state index < -0.39 is 23.5 Å². The third-order valence-corrected chi connectivity index (χ3v) is 3.00. The Morgan fingerprint density at radius 3 is 2.39 bits per heavy atom. The van der Waals surface area contributed by atoms with Crippen LogP contribution in [0.2, 0.25) is 0 Å². The number of ketones is 1. The molecule has 0 saturated carbocycles. The Kier molecular flexibility index (Phi) is 2.90. The van der Waals surface area contributed by atoms with E-state index >= 15 is 0 Å². The molecule has 1 aromatic carbocycles. The van der Waals surface area contributed by atoms with Gasteiger partial charge in [0, 0.05) is 7.05 Å². The van der Waals surface area contributed by atoms with Crippen molar-refractivity contribution >= 4 is 11.7 Å². The summed E-state index contributed by atoms with van der Waals surface area (Å²) in [6, 6.07) is 4.83. The summed E-state index contributed by atoms with van der Waals surface area (Å²) >= 11 is 0. The molecule has 1 amide bonds. The lowest BCUT2D eigenvalue weighted by molar-refractivity contribution is -0.128. The lowest BCUT2D eigenvalue weighted by Crippen LogP contribution is -2.26. The van der Waals surface area contributed by atoms with Crippen molar-refractivity contribution in [2.45, 2.75) is 13.0 Å². The van der Waals surface area contributed by atoms with E-state index in [1.54, 1.807) is 0 Å². The second-order valence-corrected chi connectivity index (χ2v) is 4.19. The summed E-state index contributed by atoms with van der Waals surface area (Å²) in [4.78, 5) is 24.5. The van der Waals surface area contributed by atoms with Crippen molar-refractivity contribution in [3.63, 3.8) is 0 Å². The molecule has 0 spiro atoms. The Labute approximate surface area is 103 Å². The zero-order chi connectivity index (χ0) is 13.4. The predicted octanol–water partition coefficient (Wildman–Crippen LogP) is 1.74. The van der Waals surface area contributed by atoms with Gasteiger partial charge in [0.2, 0.25) is 0 Å². The molecule has 0 aliphatic carbocycles. The van der Waals surface area contributed by atoms with Crippen LogP contribution in [-0.4, -0.2) is 28.7 Å². The van der Waals surface area contributed by atoms with Crippen molar-refractivity contribution < 1.29 is 19.1 Å². The zero-order valence-electron chi connectivity index (χ0n) is 9.98. The van der Waals surface area contributed by atoms with Gasteiger partial charge in [0.25, 0.3) is 5.91 Å². The number of amides is 1. The Balaban J connectivity index is 2.52. The molecule has 1 aliphatic heterocycles. The third kappa shape index (κ3) is 1.77. The fourth-order valence-corrected chi connectivity index (χ4v) is 2.12. The van der Waals surface area contributed by atoms with E-state index in [9.17, 15) is 19.1 Å². The van der Waals surface area contributed by atoms with E-state index in [-0.39, 0.29) is 11.4 Å². The standard InChI is InChI=1S/C13H12FNO3/c1-7(16)10-11(15(2)13(18)12(10)17)8-3-5-9(14)6-4-8/h3-6,11,17H,1-2H3/t11-/m0/s1. The smallest absolute Gasteiger partial charge is 0.289 e. The van der Waals surface area contributed by atoms with E-state index in [1.165, 1.54) is 43.1 Å². The number of rotatable bonds is 2. The quantitative estimate of drug-likeness (QED) is 0.868. The van der Waals surface area contributed by atoms with Crippen LogP contribution in [0.4, 0.5) is 4.39 Å². The number of hydrogen-bond donors (Lipinski definition) is 1. The molecule has 0 unspecified atom stereocenters. The van der Waals surface area contributed by atoms with Gasteiger partial charge in [-0.1, -0.05) is 12.1 Å². The van der Waals surface area contributed by atoms with Crippen LogP contribution in [0.5, 0.6) is 0 Å². The maximum absolute atomic E-state index is 12.9. The van der Waals surface area contributed by atoms with Crippen LogP contribution in [0.3, 0.4) is 0 Å². The van der Waals surface area contributed by atoms with E-state index in [2.05, 4.69) is 0 Å². The molecule has 1 aromatic rings. The number of aliphatic hydroxyl groups excluding tert-OH is 1. The van der Waals surface area contributed by atoms with Gasteiger partial charge >= 0.3 is 0 Å². The summed E-state index contributed by atoms with van der Waals surface area (Å²) < 4.78 is 12.9. The molecule has 0 fully saturated rings. The first kappa shape index (κ1) is 12.3. The van der Waals surface area contributed by atoms with Gasteiger partial charge in [-0.05, 0) is 24.6 Å². The number of carbonyl (C=O) groups excluding carboxylic acids is 2. The molecule has 4 nitrogen and oxygen atoms in total. The average Bonchev–Trinajstić information content (AvgIpc) is 2.55. The summed E-state index contributed by atoms with van der Waals surface area (Å²) in [7, 11) is 1.49. The zero-order valence-corrected chi connectivity index (χ0v) is 9.98. The number of halogens is 1. The summed E-state index contributed by atoms with van der Waals surface area (Å²) in [6.45, 7) is 1.29. The lowest BCUT2D eigenvalue weighted by Gasteiger charge is -2.21. The summed E-state index contributed by atoms with van der Waals surface area (Å²) in [5, 5.41) is 9.68. The SMILES string of the molecule is CC(=O)C1=C(O)C(=O)N(C)[C@H]1c1ccc(F)cc1. The summed E-state index contributed by atoms with van der Waals surface area (Å²) in [5.74, 6) is -1.91. The minimum absolute atomic E-state index is 0.0501. The van der Waals surface area contributed by atoms with Crippen molar-refractivity contribution in [1.29, 1.82) is 0 Å². The van der Waals surface area contributed by atoms with Gasteiger partial charge in [0.15, 0.2) is 11.5 Å². The van der Waals surface area contributed by atoms with Crippen molar-refractivity contribution in [3.05, 3.63) is 47.0 Å². The molecule has 1 aliphatic rings. The fraction of sp³-hybridized carbons (Fsp3) is 0.231. The maximum Gasteiger partial charge on any atom is 0.289 e. The summed E-state index contributed by atoms with van der Waals surface area (Å²) in [5.41, 5.74) is 0.635. The topological polar surface area (TPSA) is 57.6 Å². The minimum atomic E-state index is -0.657. The molecule has 0 radical (unpaired) electrons. The van der Waals surface area contributed by atoms with Crippen LogP contribution < -0.4 is 0 Å². The first-order valence-corrected chi connectivity index (χ1v) is 5.40. The van der Waals surface area contributed by atoms with Crippen molar-refractivity contribution in [3.8, 4) is 0 Å². The van der Waals surface area contributed by atoms with Crippen LogP contribution in [0.25, 0.3) is 0 Å². The van der Waals surface area contributed by atoms with Crippen LogP contribution in [0.1, 0.15) is 18.5 Å². The minimum Gasteiger partial charge on any atom is -0.503 e. The van der Waals surface area contributed by atoms with Crippen LogP contribution in [0, 0.1) is 5.82 Å². The Morgan fingerprint density at radius 1 is 1.33 bits per heavy atom. The molecule has 94 valence electrons.